The van der Waals surface area contributed by atoms with Crippen molar-refractivity contribution < 1.29 is 13.2 Å². The van der Waals surface area contributed by atoms with E-state index in [1.165, 1.54) is 18.2 Å². The lowest BCUT2D eigenvalue weighted by atomic mass is 10.2. The van der Waals surface area contributed by atoms with Gasteiger partial charge in [-0.3, -0.25) is 0 Å². The summed E-state index contributed by atoms with van der Waals surface area (Å²) in [5.41, 5.74) is 0.871. The molecule has 0 unspecified atom stereocenters. The molecule has 0 aliphatic carbocycles. The summed E-state index contributed by atoms with van der Waals surface area (Å²) in [5.74, 6) is 0. The van der Waals surface area contributed by atoms with Gasteiger partial charge in [0.1, 0.15) is 4.90 Å². The first kappa shape index (κ1) is 14.8. The van der Waals surface area contributed by atoms with Gasteiger partial charge in [-0.05, 0) is 18.6 Å². The summed E-state index contributed by atoms with van der Waals surface area (Å²) >= 11 is 5.83. The van der Waals surface area contributed by atoms with Crippen molar-refractivity contribution in [2.45, 2.75) is 24.7 Å². The molecule has 1 aliphatic heterocycles. The van der Waals surface area contributed by atoms with Crippen LogP contribution >= 0.6 is 11.6 Å². The van der Waals surface area contributed by atoms with Gasteiger partial charge in [0.15, 0.2) is 0 Å². The van der Waals surface area contributed by atoms with Crippen LogP contribution in [0.25, 0.3) is 0 Å². The van der Waals surface area contributed by atoms with E-state index in [0.717, 1.165) is 17.1 Å². The van der Waals surface area contributed by atoms with Gasteiger partial charge in [-0.1, -0.05) is 30.7 Å². The molecule has 0 saturated heterocycles. The van der Waals surface area contributed by atoms with Crippen LogP contribution < -0.4 is 4.72 Å². The molecule has 0 aromatic heterocycles. The first-order valence-electron chi connectivity index (χ1n) is 6.09. The second-order valence-electron chi connectivity index (χ2n) is 4.23. The van der Waals surface area contributed by atoms with Crippen molar-refractivity contribution in [3.63, 3.8) is 0 Å². The van der Waals surface area contributed by atoms with Gasteiger partial charge in [-0.25, -0.2) is 22.9 Å². The van der Waals surface area contributed by atoms with Crippen molar-refractivity contribution in [2.75, 3.05) is 6.54 Å². The highest BCUT2D eigenvalue weighted by Crippen LogP contribution is 2.20. The Bertz CT molecular complexity index is 658. The highest BCUT2D eigenvalue weighted by atomic mass is 35.5. The Hall–Kier alpha value is -1.60. The largest absolute Gasteiger partial charge is 0.351 e. The van der Waals surface area contributed by atoms with E-state index in [4.69, 9.17) is 11.6 Å². The molecular formula is C12H14ClN3O3S. The highest BCUT2D eigenvalue weighted by molar-refractivity contribution is 7.90. The summed E-state index contributed by atoms with van der Waals surface area (Å²) in [4.78, 5) is 11.8. The summed E-state index contributed by atoms with van der Waals surface area (Å²) in [6.45, 7) is 2.31. The SMILES string of the molecule is CCC1=NN(C(=O)NS(=O)(=O)c2ccccc2Cl)CC1. The van der Waals surface area contributed by atoms with Crippen molar-refractivity contribution in [1.82, 2.24) is 9.73 Å². The number of sulfonamides is 1. The minimum atomic E-state index is -3.99. The molecule has 2 amide bonds. The van der Waals surface area contributed by atoms with E-state index in [2.05, 4.69) is 5.10 Å². The molecule has 1 aromatic carbocycles. The minimum absolute atomic E-state index is 0.0620. The first-order chi connectivity index (χ1) is 9.44. The van der Waals surface area contributed by atoms with Crippen molar-refractivity contribution in [1.29, 1.82) is 0 Å². The molecule has 0 radical (unpaired) electrons. The number of urea groups is 1. The molecule has 1 aliphatic rings. The van der Waals surface area contributed by atoms with Gasteiger partial charge >= 0.3 is 6.03 Å². The van der Waals surface area contributed by atoms with Crippen LogP contribution in [-0.2, 0) is 10.0 Å². The fourth-order valence-corrected chi connectivity index (χ4v) is 3.25. The number of hydrazone groups is 1. The molecule has 0 fully saturated rings. The summed E-state index contributed by atoms with van der Waals surface area (Å²) in [5, 5.41) is 5.23. The van der Waals surface area contributed by atoms with E-state index in [1.54, 1.807) is 6.07 Å². The molecule has 0 saturated carbocycles. The van der Waals surface area contributed by atoms with Crippen LogP contribution in [-0.4, -0.2) is 31.7 Å². The van der Waals surface area contributed by atoms with Crippen LogP contribution in [0.15, 0.2) is 34.3 Å². The summed E-state index contributed by atoms with van der Waals surface area (Å²) in [6.07, 6.45) is 1.40. The lowest BCUT2D eigenvalue weighted by Gasteiger charge is -2.13. The van der Waals surface area contributed by atoms with Crippen molar-refractivity contribution in [3.8, 4) is 0 Å². The number of nitrogens with zero attached hydrogens (tertiary/aromatic N) is 2. The van der Waals surface area contributed by atoms with Crippen LogP contribution in [0, 0.1) is 0 Å². The fraction of sp³-hybridized carbons (Fsp3) is 0.333. The average molecular weight is 316 g/mol. The van der Waals surface area contributed by atoms with Crippen molar-refractivity contribution >= 4 is 33.4 Å². The lowest BCUT2D eigenvalue weighted by Crippen LogP contribution is -2.39. The molecule has 20 heavy (non-hydrogen) atoms. The zero-order valence-electron chi connectivity index (χ0n) is 10.8. The van der Waals surface area contributed by atoms with E-state index < -0.39 is 16.1 Å². The number of rotatable bonds is 3. The number of hydrogen-bond acceptors (Lipinski definition) is 4. The summed E-state index contributed by atoms with van der Waals surface area (Å²) < 4.78 is 26.1. The van der Waals surface area contributed by atoms with Gasteiger partial charge in [0.2, 0.25) is 0 Å². The van der Waals surface area contributed by atoms with Crippen LogP contribution in [0.1, 0.15) is 19.8 Å². The third-order valence-electron chi connectivity index (χ3n) is 2.86. The van der Waals surface area contributed by atoms with E-state index in [9.17, 15) is 13.2 Å². The smallest absolute Gasteiger partial charge is 0.246 e. The first-order valence-corrected chi connectivity index (χ1v) is 7.95. The van der Waals surface area contributed by atoms with Crippen LogP contribution in [0.5, 0.6) is 0 Å². The molecule has 6 nitrogen and oxygen atoms in total. The van der Waals surface area contributed by atoms with Gasteiger partial charge in [0, 0.05) is 12.1 Å². The number of halogens is 1. The zero-order valence-corrected chi connectivity index (χ0v) is 12.4. The van der Waals surface area contributed by atoms with E-state index in [1.807, 2.05) is 11.6 Å². The highest BCUT2D eigenvalue weighted by Gasteiger charge is 2.26. The molecule has 2 rings (SSSR count). The van der Waals surface area contributed by atoms with Crippen molar-refractivity contribution in [2.24, 2.45) is 5.10 Å². The number of amides is 2. The zero-order chi connectivity index (χ0) is 14.8. The third-order valence-corrected chi connectivity index (χ3v) is 4.68. The maximum Gasteiger partial charge on any atom is 0.351 e. The normalized spacial score (nSPS) is 15.1. The second-order valence-corrected chi connectivity index (χ2v) is 6.29. The molecule has 1 heterocycles. The van der Waals surface area contributed by atoms with Crippen LogP contribution in [0.4, 0.5) is 4.79 Å². The monoisotopic (exact) mass is 315 g/mol. The van der Waals surface area contributed by atoms with E-state index in [0.29, 0.717) is 13.0 Å². The Morgan fingerprint density at radius 3 is 2.75 bits per heavy atom. The molecular weight excluding hydrogens is 302 g/mol. The van der Waals surface area contributed by atoms with E-state index in [-0.39, 0.29) is 9.92 Å². The molecule has 1 aromatic rings. The molecule has 1 N–H and O–H groups in total. The predicted octanol–water partition coefficient (Wildman–Crippen LogP) is 2.21. The Morgan fingerprint density at radius 2 is 2.15 bits per heavy atom. The number of carbonyl (C=O) groups excluding carboxylic acids is 1. The Kier molecular flexibility index (Phi) is 4.29. The van der Waals surface area contributed by atoms with Gasteiger partial charge in [-0.2, -0.15) is 5.10 Å². The quantitative estimate of drug-likeness (QED) is 0.928. The molecule has 108 valence electrons. The molecule has 8 heteroatoms. The standard InChI is InChI=1S/C12H14ClN3O3S/c1-2-9-7-8-16(14-9)12(17)15-20(18,19)11-6-4-3-5-10(11)13/h3-6H,2,7-8H2,1H3,(H,15,17). The number of hydrogen-bond donors (Lipinski definition) is 1. The van der Waals surface area contributed by atoms with Crippen LogP contribution in [0.2, 0.25) is 5.02 Å². The van der Waals surface area contributed by atoms with Gasteiger partial charge in [0.25, 0.3) is 10.0 Å². The number of carbonyl (C=O) groups is 1. The van der Waals surface area contributed by atoms with E-state index >= 15 is 0 Å². The predicted molar refractivity (Wildman–Crippen MR) is 76.2 cm³/mol. The maximum absolute atomic E-state index is 12.1. The van der Waals surface area contributed by atoms with Gasteiger partial charge < -0.3 is 0 Å². The minimum Gasteiger partial charge on any atom is -0.246 e. The van der Waals surface area contributed by atoms with Crippen molar-refractivity contribution in [3.05, 3.63) is 29.3 Å². The number of nitrogens with one attached hydrogen (secondary N) is 1. The van der Waals surface area contributed by atoms with Crippen LogP contribution in [0.3, 0.4) is 0 Å². The second kappa shape index (κ2) is 5.80. The number of benzene rings is 1. The Labute approximate surface area is 122 Å². The topological polar surface area (TPSA) is 78.8 Å². The fourth-order valence-electron chi connectivity index (χ4n) is 1.79. The molecule has 0 atom stereocenters. The molecule has 0 bridgehead atoms. The summed E-state index contributed by atoms with van der Waals surface area (Å²) in [7, 11) is -3.99. The average Bonchev–Trinajstić information content (AvgIpc) is 2.87. The molecule has 0 spiro atoms. The maximum atomic E-state index is 12.1. The Balaban J connectivity index is 2.16. The summed E-state index contributed by atoms with van der Waals surface area (Å²) in [6, 6.07) is 5.16. The Morgan fingerprint density at radius 1 is 1.45 bits per heavy atom. The third kappa shape index (κ3) is 3.10. The van der Waals surface area contributed by atoms with Gasteiger partial charge in [0.05, 0.1) is 11.6 Å². The van der Waals surface area contributed by atoms with Gasteiger partial charge in [-0.15, -0.1) is 0 Å². The lowest BCUT2D eigenvalue weighted by molar-refractivity contribution is 0.211.